The van der Waals surface area contributed by atoms with Crippen LogP contribution in [-0.2, 0) is 9.84 Å². The van der Waals surface area contributed by atoms with Gasteiger partial charge in [-0.05, 0) is 40.5 Å². The van der Waals surface area contributed by atoms with Gasteiger partial charge in [0.05, 0.1) is 16.0 Å². The summed E-state index contributed by atoms with van der Waals surface area (Å²) in [5.41, 5.74) is 0.614. The molecular weight excluding hydrogens is 297 g/mol. The van der Waals surface area contributed by atoms with Crippen LogP contribution >= 0.6 is 15.9 Å². The molecule has 6 heteroatoms. The van der Waals surface area contributed by atoms with E-state index < -0.39 is 9.84 Å². The maximum absolute atomic E-state index is 13.2. The van der Waals surface area contributed by atoms with E-state index in [-0.39, 0.29) is 23.4 Å². The topological polar surface area (TPSA) is 46.2 Å². The summed E-state index contributed by atoms with van der Waals surface area (Å²) in [6.45, 7) is 0. The zero-order valence-electron chi connectivity index (χ0n) is 8.41. The van der Waals surface area contributed by atoms with Gasteiger partial charge in [0.25, 0.3) is 0 Å². The van der Waals surface area contributed by atoms with Gasteiger partial charge in [-0.1, -0.05) is 0 Å². The Balaban J connectivity index is 2.08. The first-order valence-corrected chi connectivity index (χ1v) is 7.50. The molecule has 0 radical (unpaired) electrons. The lowest BCUT2D eigenvalue weighted by Gasteiger charge is -2.12. The Morgan fingerprint density at radius 1 is 1.44 bits per heavy atom. The third kappa shape index (κ3) is 2.74. The molecule has 88 valence electrons. The van der Waals surface area contributed by atoms with Gasteiger partial charge in [0.1, 0.15) is 5.82 Å². The average molecular weight is 308 g/mol. The molecule has 1 aliphatic rings. The van der Waals surface area contributed by atoms with Crippen LogP contribution in [0, 0.1) is 5.82 Å². The van der Waals surface area contributed by atoms with Gasteiger partial charge in [-0.2, -0.15) is 0 Å². The van der Waals surface area contributed by atoms with Crippen molar-refractivity contribution in [2.24, 2.45) is 0 Å². The van der Waals surface area contributed by atoms with Crippen LogP contribution in [0.25, 0.3) is 0 Å². The van der Waals surface area contributed by atoms with E-state index in [1.807, 2.05) is 0 Å². The highest BCUT2D eigenvalue weighted by molar-refractivity contribution is 9.10. The molecule has 2 rings (SSSR count). The van der Waals surface area contributed by atoms with Crippen LogP contribution in [0.1, 0.15) is 6.42 Å². The van der Waals surface area contributed by atoms with Gasteiger partial charge < -0.3 is 5.32 Å². The Labute approximate surface area is 102 Å². The first-order chi connectivity index (χ1) is 7.46. The maximum atomic E-state index is 13.2. The lowest BCUT2D eigenvalue weighted by molar-refractivity contribution is 0.602. The largest absolute Gasteiger partial charge is 0.381 e. The van der Waals surface area contributed by atoms with Crippen LogP contribution in [0.4, 0.5) is 10.1 Å². The second kappa shape index (κ2) is 4.33. The Morgan fingerprint density at radius 3 is 2.75 bits per heavy atom. The summed E-state index contributed by atoms with van der Waals surface area (Å²) in [5.74, 6) is -0.0141. The zero-order chi connectivity index (χ0) is 11.8. The number of hydrogen-bond acceptors (Lipinski definition) is 3. The molecule has 0 saturated carbocycles. The Bertz CT molecular complexity index is 504. The molecule has 1 aliphatic heterocycles. The summed E-state index contributed by atoms with van der Waals surface area (Å²) in [6.07, 6.45) is 0.583. The van der Waals surface area contributed by atoms with Gasteiger partial charge >= 0.3 is 0 Å². The summed E-state index contributed by atoms with van der Waals surface area (Å²) in [7, 11) is -2.90. The minimum Gasteiger partial charge on any atom is -0.381 e. The van der Waals surface area contributed by atoms with Gasteiger partial charge in [-0.25, -0.2) is 12.8 Å². The second-order valence-electron chi connectivity index (χ2n) is 3.87. The Kier molecular flexibility index (Phi) is 3.21. The molecule has 1 aromatic rings. The summed E-state index contributed by atoms with van der Waals surface area (Å²) >= 11 is 3.06. The molecule has 1 heterocycles. The standard InChI is InChI=1S/C10H11BrFNO2S/c11-9-2-1-7(5-10(9)12)13-8-3-4-16(14,15)6-8/h1-2,5,8,13H,3-4,6H2. The number of hydrogen-bond donors (Lipinski definition) is 1. The van der Waals surface area contributed by atoms with Crippen molar-refractivity contribution in [2.45, 2.75) is 12.5 Å². The molecule has 3 nitrogen and oxygen atoms in total. The van der Waals surface area contributed by atoms with E-state index in [1.165, 1.54) is 6.07 Å². The van der Waals surface area contributed by atoms with Gasteiger partial charge in [0.2, 0.25) is 0 Å². The molecule has 1 N–H and O–H groups in total. The lowest BCUT2D eigenvalue weighted by atomic mass is 10.2. The van der Waals surface area contributed by atoms with Crippen molar-refractivity contribution in [2.75, 3.05) is 16.8 Å². The van der Waals surface area contributed by atoms with Crippen LogP contribution in [0.5, 0.6) is 0 Å². The smallest absolute Gasteiger partial charge is 0.152 e. The van der Waals surface area contributed by atoms with Crippen molar-refractivity contribution in [3.05, 3.63) is 28.5 Å². The van der Waals surface area contributed by atoms with Crippen molar-refractivity contribution >= 4 is 31.5 Å². The van der Waals surface area contributed by atoms with E-state index in [0.29, 0.717) is 16.6 Å². The molecule has 0 bridgehead atoms. The third-order valence-electron chi connectivity index (χ3n) is 2.52. The number of rotatable bonds is 2. The van der Waals surface area contributed by atoms with E-state index in [0.717, 1.165) is 0 Å². The second-order valence-corrected chi connectivity index (χ2v) is 6.96. The summed E-state index contributed by atoms with van der Waals surface area (Å²) in [5, 5.41) is 3.02. The maximum Gasteiger partial charge on any atom is 0.152 e. The average Bonchev–Trinajstić information content (AvgIpc) is 2.52. The van der Waals surface area contributed by atoms with Crippen LogP contribution in [0.15, 0.2) is 22.7 Å². The quantitative estimate of drug-likeness (QED) is 0.911. The van der Waals surface area contributed by atoms with Crippen molar-refractivity contribution in [1.29, 1.82) is 0 Å². The highest BCUT2D eigenvalue weighted by atomic mass is 79.9. The summed E-state index contributed by atoms with van der Waals surface area (Å²) in [6, 6.07) is 4.57. The fourth-order valence-electron chi connectivity index (χ4n) is 1.73. The van der Waals surface area contributed by atoms with E-state index >= 15 is 0 Å². The normalized spacial score (nSPS) is 23.2. The van der Waals surface area contributed by atoms with Gasteiger partial charge in [-0.15, -0.1) is 0 Å². The van der Waals surface area contributed by atoms with E-state index in [1.54, 1.807) is 12.1 Å². The molecule has 1 fully saturated rings. The van der Waals surface area contributed by atoms with Gasteiger partial charge in [0.15, 0.2) is 9.84 Å². The van der Waals surface area contributed by atoms with E-state index in [9.17, 15) is 12.8 Å². The van der Waals surface area contributed by atoms with E-state index in [4.69, 9.17) is 0 Å². The Morgan fingerprint density at radius 2 is 2.19 bits per heavy atom. The van der Waals surface area contributed by atoms with Gasteiger partial charge in [-0.3, -0.25) is 0 Å². The lowest BCUT2D eigenvalue weighted by Crippen LogP contribution is -2.20. The van der Waals surface area contributed by atoms with Crippen LogP contribution in [0.2, 0.25) is 0 Å². The first-order valence-electron chi connectivity index (χ1n) is 4.88. The van der Waals surface area contributed by atoms with Crippen molar-refractivity contribution in [3.8, 4) is 0 Å². The van der Waals surface area contributed by atoms with Crippen LogP contribution in [-0.4, -0.2) is 26.0 Å². The molecule has 0 amide bonds. The van der Waals surface area contributed by atoms with E-state index in [2.05, 4.69) is 21.2 Å². The fourth-order valence-corrected chi connectivity index (χ4v) is 3.65. The third-order valence-corrected chi connectivity index (χ3v) is 4.93. The molecule has 1 saturated heterocycles. The molecular formula is C10H11BrFNO2S. The monoisotopic (exact) mass is 307 g/mol. The van der Waals surface area contributed by atoms with Crippen LogP contribution in [0.3, 0.4) is 0 Å². The predicted octanol–water partition coefficient (Wildman–Crippen LogP) is 2.19. The molecule has 1 atom stereocenters. The molecule has 0 spiro atoms. The predicted molar refractivity (Wildman–Crippen MR) is 64.8 cm³/mol. The number of anilines is 1. The molecule has 0 aliphatic carbocycles. The summed E-state index contributed by atoms with van der Waals surface area (Å²) in [4.78, 5) is 0. The minimum absolute atomic E-state index is 0.106. The summed E-state index contributed by atoms with van der Waals surface area (Å²) < 4.78 is 36.1. The van der Waals surface area contributed by atoms with Crippen molar-refractivity contribution < 1.29 is 12.8 Å². The molecule has 1 unspecified atom stereocenters. The zero-order valence-corrected chi connectivity index (χ0v) is 10.8. The van der Waals surface area contributed by atoms with Crippen molar-refractivity contribution in [1.82, 2.24) is 0 Å². The number of nitrogens with one attached hydrogen (secondary N) is 1. The minimum atomic E-state index is -2.90. The Hall–Kier alpha value is -0.620. The first kappa shape index (κ1) is 11.9. The number of benzene rings is 1. The molecule has 16 heavy (non-hydrogen) atoms. The highest BCUT2D eigenvalue weighted by Crippen LogP contribution is 2.22. The number of halogens is 2. The molecule has 1 aromatic carbocycles. The highest BCUT2D eigenvalue weighted by Gasteiger charge is 2.27. The van der Waals surface area contributed by atoms with Crippen LogP contribution < -0.4 is 5.32 Å². The number of sulfone groups is 1. The molecule has 0 aromatic heterocycles. The SMILES string of the molecule is O=S1(=O)CCC(Nc2ccc(Br)c(F)c2)C1. The van der Waals surface area contributed by atoms with Crippen molar-refractivity contribution in [3.63, 3.8) is 0 Å². The fraction of sp³-hybridized carbons (Fsp3) is 0.400. The van der Waals surface area contributed by atoms with Gasteiger partial charge in [0, 0.05) is 11.7 Å².